The van der Waals surface area contributed by atoms with Crippen LogP contribution in [0.5, 0.6) is 0 Å². The van der Waals surface area contributed by atoms with E-state index in [0.717, 1.165) is 9.75 Å². The second-order valence-electron chi connectivity index (χ2n) is 3.16. The third-order valence-electron chi connectivity index (χ3n) is 2.08. The molecule has 14 heavy (non-hydrogen) atoms. The molecular weight excluding hydrogens is 214 g/mol. The zero-order valence-electron chi connectivity index (χ0n) is 7.80. The monoisotopic (exact) mass is 225 g/mol. The van der Waals surface area contributed by atoms with Gasteiger partial charge >= 0.3 is 0 Å². The Balaban J connectivity index is 2.10. The zero-order chi connectivity index (χ0) is 9.97. The number of aliphatic hydroxyl groups is 1. The summed E-state index contributed by atoms with van der Waals surface area (Å²) in [4.78, 5) is 6.19. The van der Waals surface area contributed by atoms with Gasteiger partial charge in [-0.15, -0.1) is 22.7 Å². The molecule has 2 rings (SSSR count). The van der Waals surface area contributed by atoms with Crippen molar-refractivity contribution in [2.45, 2.75) is 19.4 Å². The van der Waals surface area contributed by atoms with Crippen molar-refractivity contribution in [2.75, 3.05) is 0 Å². The van der Waals surface area contributed by atoms with Gasteiger partial charge in [0.05, 0.1) is 11.6 Å². The summed E-state index contributed by atoms with van der Waals surface area (Å²) in [6.07, 6.45) is 2.11. The Bertz CT molecular complexity index is 394. The quantitative estimate of drug-likeness (QED) is 0.871. The third-order valence-corrected chi connectivity index (χ3v) is 4.00. The molecule has 2 heterocycles. The number of aromatic nitrogens is 1. The topological polar surface area (TPSA) is 33.1 Å². The Kier molecular flexibility index (Phi) is 2.96. The largest absolute Gasteiger partial charge is 0.387 e. The Labute approximate surface area is 90.9 Å². The number of hydrogen-bond donors (Lipinski definition) is 1. The molecule has 0 saturated carbocycles. The fourth-order valence-electron chi connectivity index (χ4n) is 1.35. The number of thiophene rings is 1. The maximum absolute atomic E-state index is 9.95. The summed E-state index contributed by atoms with van der Waals surface area (Å²) in [5.41, 5.74) is 2.97. The minimum atomic E-state index is -0.379. The van der Waals surface area contributed by atoms with Crippen molar-refractivity contribution in [3.8, 4) is 0 Å². The summed E-state index contributed by atoms with van der Waals surface area (Å²) in [6, 6.07) is 2.04. The van der Waals surface area contributed by atoms with E-state index < -0.39 is 0 Å². The minimum absolute atomic E-state index is 0.379. The van der Waals surface area contributed by atoms with Crippen LogP contribution >= 0.6 is 22.7 Å². The summed E-state index contributed by atoms with van der Waals surface area (Å²) < 4.78 is 0. The molecule has 0 aromatic carbocycles. The lowest BCUT2D eigenvalue weighted by molar-refractivity contribution is 0.182. The fourth-order valence-corrected chi connectivity index (χ4v) is 2.90. The molecule has 2 nitrogen and oxygen atoms in total. The average molecular weight is 225 g/mol. The standard InChI is InChI=1S/C10H11NOS2/c1-7-2-3-13-10(7)9(12)4-8-5-11-6-14-8/h2-3,5-6,9,12H,4H2,1H3. The number of aliphatic hydroxyl groups excluding tert-OH is 1. The average Bonchev–Trinajstić information content (AvgIpc) is 2.75. The van der Waals surface area contributed by atoms with E-state index in [2.05, 4.69) is 4.98 Å². The first-order chi connectivity index (χ1) is 6.77. The molecule has 2 aromatic rings. The van der Waals surface area contributed by atoms with Crippen molar-refractivity contribution >= 4 is 22.7 Å². The third kappa shape index (κ3) is 2.03. The second-order valence-corrected chi connectivity index (χ2v) is 5.07. The van der Waals surface area contributed by atoms with E-state index in [1.165, 1.54) is 5.56 Å². The lowest BCUT2D eigenvalue weighted by atomic mass is 10.1. The molecule has 4 heteroatoms. The van der Waals surface area contributed by atoms with Crippen LogP contribution in [0, 0.1) is 6.92 Å². The highest BCUT2D eigenvalue weighted by Gasteiger charge is 2.12. The Morgan fingerprint density at radius 2 is 2.36 bits per heavy atom. The molecular formula is C10H11NOS2. The minimum Gasteiger partial charge on any atom is -0.387 e. The normalized spacial score (nSPS) is 13.0. The van der Waals surface area contributed by atoms with Gasteiger partial charge in [0.15, 0.2) is 0 Å². The smallest absolute Gasteiger partial charge is 0.0933 e. The van der Waals surface area contributed by atoms with E-state index in [-0.39, 0.29) is 6.10 Å². The molecule has 0 fully saturated rings. The van der Waals surface area contributed by atoms with Crippen LogP contribution in [-0.2, 0) is 6.42 Å². The molecule has 1 unspecified atom stereocenters. The predicted molar refractivity (Wildman–Crippen MR) is 59.8 cm³/mol. The first-order valence-corrected chi connectivity index (χ1v) is 6.12. The number of rotatable bonds is 3. The van der Waals surface area contributed by atoms with E-state index in [9.17, 15) is 5.11 Å². The number of aryl methyl sites for hydroxylation is 1. The summed E-state index contributed by atoms with van der Waals surface area (Å²) in [5.74, 6) is 0. The van der Waals surface area contributed by atoms with Crippen molar-refractivity contribution < 1.29 is 5.11 Å². The molecule has 0 aliphatic carbocycles. The molecule has 1 N–H and O–H groups in total. The van der Waals surface area contributed by atoms with E-state index in [1.54, 1.807) is 28.2 Å². The SMILES string of the molecule is Cc1ccsc1C(O)Cc1cncs1. The van der Waals surface area contributed by atoms with Crippen LogP contribution in [0.2, 0.25) is 0 Å². The molecule has 0 spiro atoms. The maximum Gasteiger partial charge on any atom is 0.0933 e. The Morgan fingerprint density at radius 1 is 1.50 bits per heavy atom. The predicted octanol–water partition coefficient (Wildman–Crippen LogP) is 2.79. The van der Waals surface area contributed by atoms with Crippen LogP contribution in [0.3, 0.4) is 0 Å². The summed E-state index contributed by atoms with van der Waals surface area (Å²) in [5, 5.41) is 12.0. The van der Waals surface area contributed by atoms with Crippen molar-refractivity contribution in [1.29, 1.82) is 0 Å². The zero-order valence-corrected chi connectivity index (χ0v) is 9.44. The molecule has 0 radical (unpaired) electrons. The lowest BCUT2D eigenvalue weighted by Crippen LogP contribution is -1.99. The van der Waals surface area contributed by atoms with Crippen molar-refractivity contribution in [3.05, 3.63) is 38.5 Å². The molecule has 1 atom stereocenters. The van der Waals surface area contributed by atoms with Gasteiger partial charge in [0.25, 0.3) is 0 Å². The van der Waals surface area contributed by atoms with E-state index in [1.807, 2.05) is 24.6 Å². The van der Waals surface area contributed by atoms with E-state index >= 15 is 0 Å². The number of hydrogen-bond acceptors (Lipinski definition) is 4. The second kappa shape index (κ2) is 4.21. The summed E-state index contributed by atoms with van der Waals surface area (Å²) in [7, 11) is 0. The highest BCUT2D eigenvalue weighted by atomic mass is 32.1. The van der Waals surface area contributed by atoms with Gasteiger partial charge in [-0.05, 0) is 23.9 Å². The van der Waals surface area contributed by atoms with Gasteiger partial charge in [-0.25, -0.2) is 0 Å². The lowest BCUT2D eigenvalue weighted by Gasteiger charge is -2.07. The highest BCUT2D eigenvalue weighted by Crippen LogP contribution is 2.27. The van der Waals surface area contributed by atoms with E-state index in [0.29, 0.717) is 6.42 Å². The first-order valence-electron chi connectivity index (χ1n) is 4.37. The Hall–Kier alpha value is -0.710. The first kappa shape index (κ1) is 9.83. The molecule has 0 saturated heterocycles. The van der Waals surface area contributed by atoms with Gasteiger partial charge in [-0.1, -0.05) is 0 Å². The molecule has 0 aliphatic heterocycles. The van der Waals surface area contributed by atoms with Crippen LogP contribution in [-0.4, -0.2) is 10.1 Å². The number of thiazole rings is 1. The van der Waals surface area contributed by atoms with Gasteiger partial charge in [0.1, 0.15) is 0 Å². The van der Waals surface area contributed by atoms with Crippen LogP contribution in [0.25, 0.3) is 0 Å². The van der Waals surface area contributed by atoms with E-state index in [4.69, 9.17) is 0 Å². The van der Waals surface area contributed by atoms with Crippen LogP contribution in [0.1, 0.15) is 21.4 Å². The highest BCUT2D eigenvalue weighted by molar-refractivity contribution is 7.10. The molecule has 74 valence electrons. The molecule has 2 aromatic heterocycles. The molecule has 0 amide bonds. The van der Waals surface area contributed by atoms with Gasteiger partial charge in [-0.3, -0.25) is 4.98 Å². The van der Waals surface area contributed by atoms with Crippen LogP contribution < -0.4 is 0 Å². The van der Waals surface area contributed by atoms with Gasteiger partial charge in [0.2, 0.25) is 0 Å². The fraction of sp³-hybridized carbons (Fsp3) is 0.300. The summed E-state index contributed by atoms with van der Waals surface area (Å²) in [6.45, 7) is 2.03. The van der Waals surface area contributed by atoms with Gasteiger partial charge in [0, 0.05) is 22.4 Å². The van der Waals surface area contributed by atoms with Crippen LogP contribution in [0.4, 0.5) is 0 Å². The molecule has 0 aliphatic rings. The van der Waals surface area contributed by atoms with Crippen molar-refractivity contribution in [2.24, 2.45) is 0 Å². The van der Waals surface area contributed by atoms with Crippen molar-refractivity contribution in [1.82, 2.24) is 4.98 Å². The van der Waals surface area contributed by atoms with Crippen LogP contribution in [0.15, 0.2) is 23.2 Å². The number of nitrogens with zero attached hydrogens (tertiary/aromatic N) is 1. The van der Waals surface area contributed by atoms with Gasteiger partial charge in [-0.2, -0.15) is 0 Å². The summed E-state index contributed by atoms with van der Waals surface area (Å²) >= 11 is 3.20. The maximum atomic E-state index is 9.95. The Morgan fingerprint density at radius 3 is 2.93 bits per heavy atom. The van der Waals surface area contributed by atoms with Gasteiger partial charge < -0.3 is 5.11 Å². The van der Waals surface area contributed by atoms with Crippen molar-refractivity contribution in [3.63, 3.8) is 0 Å². The molecule has 0 bridgehead atoms.